The lowest BCUT2D eigenvalue weighted by Crippen LogP contribution is -1.97. The highest BCUT2D eigenvalue weighted by Gasteiger charge is 2.17. The molecule has 3 rings (SSSR count). The van der Waals surface area contributed by atoms with Crippen molar-refractivity contribution in [3.8, 4) is 11.5 Å². The van der Waals surface area contributed by atoms with E-state index in [1.807, 2.05) is 30.3 Å². The summed E-state index contributed by atoms with van der Waals surface area (Å²) in [5, 5.41) is 20.6. The fraction of sp³-hybridized carbons (Fsp3) is 0. The molecule has 8 heteroatoms. The Bertz CT molecular complexity index is 873. The first-order chi connectivity index (χ1) is 10.6. The number of nitro benzene ring substituents is 1. The van der Waals surface area contributed by atoms with Crippen LogP contribution in [0.2, 0.25) is 0 Å². The lowest BCUT2D eigenvalue weighted by atomic mass is 10.1. The predicted octanol–water partition coefficient (Wildman–Crippen LogP) is 4.05. The molecule has 0 saturated heterocycles. The summed E-state index contributed by atoms with van der Waals surface area (Å²) in [6, 6.07) is 13.9. The van der Waals surface area contributed by atoms with Gasteiger partial charge in [-0.15, -0.1) is 5.10 Å². The second kappa shape index (κ2) is 5.78. The molecule has 1 aromatic heterocycles. The molecule has 0 aliphatic carbocycles. The molecule has 22 heavy (non-hydrogen) atoms. The number of H-pyrrole nitrogens is 1. The lowest BCUT2D eigenvalue weighted by Gasteiger charge is -2.07. The fourth-order valence-electron chi connectivity index (χ4n) is 1.95. The molecule has 0 saturated carbocycles. The van der Waals surface area contributed by atoms with Crippen molar-refractivity contribution in [1.29, 1.82) is 0 Å². The third-order valence-corrected chi connectivity index (χ3v) is 3.11. The van der Waals surface area contributed by atoms with Gasteiger partial charge in [-0.25, -0.2) is 5.10 Å². The standard InChI is InChI=1S/C14H10N4O3S/c19-18(20)12-8-9(13-16-17-14(22)21-13)6-7-11(12)15-10-4-2-1-3-5-10/h1-8,15H,(H,17,22). The smallest absolute Gasteiger partial charge is 0.293 e. The zero-order valence-electron chi connectivity index (χ0n) is 11.1. The Hall–Kier alpha value is -3.00. The summed E-state index contributed by atoms with van der Waals surface area (Å²) in [7, 11) is 0. The van der Waals surface area contributed by atoms with Crippen LogP contribution in [0, 0.1) is 15.0 Å². The topological polar surface area (TPSA) is 97.0 Å². The zero-order valence-corrected chi connectivity index (χ0v) is 12.0. The first-order valence-electron chi connectivity index (χ1n) is 6.30. The van der Waals surface area contributed by atoms with E-state index in [2.05, 4.69) is 15.5 Å². The van der Waals surface area contributed by atoms with Gasteiger partial charge in [-0.2, -0.15) is 0 Å². The van der Waals surface area contributed by atoms with Crippen molar-refractivity contribution >= 4 is 29.3 Å². The summed E-state index contributed by atoms with van der Waals surface area (Å²) in [6.45, 7) is 0. The quantitative estimate of drug-likeness (QED) is 0.428. The molecule has 0 amide bonds. The largest absolute Gasteiger partial charge is 0.409 e. The zero-order chi connectivity index (χ0) is 15.5. The van der Waals surface area contributed by atoms with Crippen LogP contribution in [0.15, 0.2) is 52.9 Å². The van der Waals surface area contributed by atoms with Crippen molar-refractivity contribution < 1.29 is 9.34 Å². The molecule has 110 valence electrons. The number of rotatable bonds is 4. The summed E-state index contributed by atoms with van der Waals surface area (Å²) in [4.78, 5) is 10.9. The van der Waals surface area contributed by atoms with Gasteiger partial charge < -0.3 is 9.73 Å². The first-order valence-corrected chi connectivity index (χ1v) is 6.71. The summed E-state index contributed by atoms with van der Waals surface area (Å²) >= 11 is 4.80. The predicted molar refractivity (Wildman–Crippen MR) is 83.5 cm³/mol. The minimum atomic E-state index is -0.462. The third-order valence-electron chi connectivity index (χ3n) is 2.93. The van der Waals surface area contributed by atoms with E-state index >= 15 is 0 Å². The molecule has 0 bridgehead atoms. The summed E-state index contributed by atoms with van der Waals surface area (Å²) in [5.41, 5.74) is 1.54. The molecular formula is C14H10N4O3S. The van der Waals surface area contributed by atoms with Crippen molar-refractivity contribution in [2.75, 3.05) is 5.32 Å². The average molecular weight is 314 g/mol. The van der Waals surface area contributed by atoms with E-state index in [0.29, 0.717) is 11.3 Å². The Morgan fingerprint density at radius 1 is 1.23 bits per heavy atom. The van der Waals surface area contributed by atoms with Crippen LogP contribution in [0.4, 0.5) is 17.1 Å². The first kappa shape index (κ1) is 14.0. The van der Waals surface area contributed by atoms with Gasteiger partial charge in [0.1, 0.15) is 5.69 Å². The van der Waals surface area contributed by atoms with Gasteiger partial charge in [0.15, 0.2) is 0 Å². The van der Waals surface area contributed by atoms with Gasteiger partial charge in [-0.3, -0.25) is 10.1 Å². The Kier molecular flexibility index (Phi) is 3.67. The maximum Gasteiger partial charge on any atom is 0.293 e. The van der Waals surface area contributed by atoms with Gasteiger partial charge in [-0.05, 0) is 36.5 Å². The van der Waals surface area contributed by atoms with Crippen LogP contribution in [0.5, 0.6) is 0 Å². The molecule has 0 aliphatic heterocycles. The normalized spacial score (nSPS) is 10.4. The molecule has 1 heterocycles. The maximum absolute atomic E-state index is 11.3. The molecule has 2 N–H and O–H groups in total. The van der Waals surface area contributed by atoms with Gasteiger partial charge in [0.25, 0.3) is 10.5 Å². The van der Waals surface area contributed by atoms with Crippen LogP contribution in [-0.2, 0) is 0 Å². The van der Waals surface area contributed by atoms with E-state index in [-0.39, 0.29) is 16.4 Å². The highest BCUT2D eigenvalue weighted by molar-refractivity contribution is 7.71. The highest BCUT2D eigenvalue weighted by atomic mass is 32.1. The van der Waals surface area contributed by atoms with Crippen molar-refractivity contribution in [1.82, 2.24) is 10.2 Å². The minimum absolute atomic E-state index is 0.0783. The summed E-state index contributed by atoms with van der Waals surface area (Å²) in [6.07, 6.45) is 0. The second-order valence-corrected chi connectivity index (χ2v) is 4.77. The Morgan fingerprint density at radius 2 is 2.00 bits per heavy atom. The monoisotopic (exact) mass is 314 g/mol. The number of nitrogens with zero attached hydrogens (tertiary/aromatic N) is 2. The van der Waals surface area contributed by atoms with E-state index in [1.165, 1.54) is 6.07 Å². The molecule has 0 fully saturated rings. The molecular weight excluding hydrogens is 304 g/mol. The van der Waals surface area contributed by atoms with Crippen LogP contribution in [0.3, 0.4) is 0 Å². The molecule has 0 radical (unpaired) electrons. The maximum atomic E-state index is 11.3. The van der Waals surface area contributed by atoms with Gasteiger partial charge in [0.05, 0.1) is 4.92 Å². The van der Waals surface area contributed by atoms with Crippen LogP contribution in [-0.4, -0.2) is 15.1 Å². The molecule has 0 spiro atoms. The lowest BCUT2D eigenvalue weighted by molar-refractivity contribution is -0.383. The number of anilines is 2. The number of benzene rings is 2. The van der Waals surface area contributed by atoms with Crippen molar-refractivity contribution in [3.63, 3.8) is 0 Å². The Labute approximate surface area is 129 Å². The van der Waals surface area contributed by atoms with Gasteiger partial charge in [0, 0.05) is 17.3 Å². The molecule has 0 unspecified atom stereocenters. The molecule has 0 aliphatic rings. The van der Waals surface area contributed by atoms with E-state index in [0.717, 1.165) is 5.69 Å². The average Bonchev–Trinajstić information content (AvgIpc) is 2.95. The van der Waals surface area contributed by atoms with Crippen molar-refractivity contribution in [3.05, 3.63) is 63.5 Å². The van der Waals surface area contributed by atoms with Gasteiger partial charge >= 0.3 is 0 Å². The van der Waals surface area contributed by atoms with Gasteiger partial charge in [0.2, 0.25) is 5.89 Å². The van der Waals surface area contributed by atoms with Crippen LogP contribution in [0.25, 0.3) is 11.5 Å². The van der Waals surface area contributed by atoms with E-state index in [1.54, 1.807) is 12.1 Å². The van der Waals surface area contributed by atoms with E-state index in [4.69, 9.17) is 16.6 Å². The third kappa shape index (κ3) is 2.86. The van der Waals surface area contributed by atoms with Crippen LogP contribution in [0.1, 0.15) is 0 Å². The highest BCUT2D eigenvalue weighted by Crippen LogP contribution is 2.31. The molecule has 0 atom stereocenters. The van der Waals surface area contributed by atoms with Crippen molar-refractivity contribution in [2.45, 2.75) is 0 Å². The second-order valence-electron chi connectivity index (χ2n) is 4.40. The number of hydrogen-bond donors (Lipinski definition) is 2. The molecule has 2 aromatic carbocycles. The fourth-order valence-corrected chi connectivity index (χ4v) is 2.08. The van der Waals surface area contributed by atoms with E-state index in [9.17, 15) is 10.1 Å². The number of nitro groups is 1. The number of hydrogen-bond acceptors (Lipinski definition) is 6. The number of aromatic nitrogens is 2. The molecule has 7 nitrogen and oxygen atoms in total. The van der Waals surface area contributed by atoms with Crippen molar-refractivity contribution in [2.24, 2.45) is 0 Å². The van der Waals surface area contributed by atoms with E-state index < -0.39 is 4.92 Å². The van der Waals surface area contributed by atoms with Gasteiger partial charge in [-0.1, -0.05) is 18.2 Å². The Morgan fingerprint density at radius 3 is 2.64 bits per heavy atom. The number of para-hydroxylation sites is 1. The number of nitrogens with one attached hydrogen (secondary N) is 2. The van der Waals surface area contributed by atoms with Crippen LogP contribution >= 0.6 is 12.2 Å². The number of aromatic amines is 1. The minimum Gasteiger partial charge on any atom is -0.409 e. The Balaban J connectivity index is 2.01. The summed E-state index contributed by atoms with van der Waals surface area (Å²) < 4.78 is 5.17. The van der Waals surface area contributed by atoms with Crippen LogP contribution < -0.4 is 5.32 Å². The SMILES string of the molecule is O=[N+]([O-])c1cc(-c2n[nH]c(=S)o2)ccc1Nc1ccccc1. The summed E-state index contributed by atoms with van der Waals surface area (Å²) in [5.74, 6) is 0.208. The molecule has 3 aromatic rings.